The number of nitrogens with one attached hydrogen (secondary N) is 1. The van der Waals surface area contributed by atoms with E-state index in [9.17, 15) is 13.2 Å². The lowest BCUT2D eigenvalue weighted by molar-refractivity contribution is -0.121. The van der Waals surface area contributed by atoms with E-state index in [-0.39, 0.29) is 24.0 Å². The number of likely N-dealkylation sites (N-methyl/N-ethyl adjacent to an activating group) is 1. The van der Waals surface area contributed by atoms with Gasteiger partial charge in [0.25, 0.3) is 0 Å². The maximum atomic E-state index is 12.1. The molecule has 1 aromatic heterocycles. The zero-order valence-corrected chi connectivity index (χ0v) is 15.2. The molecule has 1 saturated heterocycles. The normalized spacial score (nSPS) is 22.9. The van der Waals surface area contributed by atoms with Crippen molar-refractivity contribution in [2.24, 2.45) is 5.92 Å². The van der Waals surface area contributed by atoms with Gasteiger partial charge in [-0.3, -0.25) is 4.79 Å². The van der Waals surface area contributed by atoms with E-state index in [0.717, 1.165) is 37.6 Å². The van der Waals surface area contributed by atoms with E-state index in [4.69, 9.17) is 0 Å². The topological polar surface area (TPSA) is 82.6 Å². The van der Waals surface area contributed by atoms with E-state index < -0.39 is 9.84 Å². The number of sulfone groups is 1. The number of rotatable bonds is 5. The fourth-order valence-corrected chi connectivity index (χ4v) is 4.54. The van der Waals surface area contributed by atoms with Gasteiger partial charge in [0.1, 0.15) is 5.82 Å². The van der Waals surface area contributed by atoms with Gasteiger partial charge >= 0.3 is 0 Å². The van der Waals surface area contributed by atoms with Crippen LogP contribution in [0.3, 0.4) is 0 Å². The number of carbonyl (C=O) groups is 1. The van der Waals surface area contributed by atoms with Crippen molar-refractivity contribution in [3.05, 3.63) is 35.4 Å². The summed E-state index contributed by atoms with van der Waals surface area (Å²) in [5, 5.41) is 4.10. The third-order valence-corrected chi connectivity index (χ3v) is 6.06. The van der Waals surface area contributed by atoms with Gasteiger partial charge in [-0.25, -0.2) is 13.4 Å². The summed E-state index contributed by atoms with van der Waals surface area (Å²) in [6, 6.07) is 3.84. The minimum Gasteiger partial charge on any atom is -0.354 e. The highest BCUT2D eigenvalue weighted by molar-refractivity contribution is 7.94. The molecule has 1 N–H and O–H groups in total. The van der Waals surface area contributed by atoms with Crippen LogP contribution in [0.25, 0.3) is 0 Å². The van der Waals surface area contributed by atoms with Gasteiger partial charge in [0.2, 0.25) is 5.91 Å². The number of aromatic nitrogens is 1. The van der Waals surface area contributed by atoms with Crippen LogP contribution in [0.2, 0.25) is 0 Å². The van der Waals surface area contributed by atoms with Gasteiger partial charge in [0.15, 0.2) is 9.84 Å². The second kappa shape index (κ2) is 7.53. The van der Waals surface area contributed by atoms with Crippen LogP contribution in [0.1, 0.15) is 12.0 Å². The Hall–Kier alpha value is -1.93. The molecule has 1 aromatic rings. The summed E-state index contributed by atoms with van der Waals surface area (Å²) in [6.07, 6.45) is 3.57. The number of anilines is 1. The molecule has 1 amide bonds. The Labute approximate surface area is 148 Å². The smallest absolute Gasteiger partial charge is 0.220 e. The van der Waals surface area contributed by atoms with E-state index in [1.165, 1.54) is 5.41 Å². The van der Waals surface area contributed by atoms with Crippen LogP contribution in [0.5, 0.6) is 0 Å². The average Bonchev–Trinajstić information content (AvgIpc) is 2.92. The van der Waals surface area contributed by atoms with Crippen molar-refractivity contribution in [2.75, 3.05) is 43.9 Å². The molecule has 0 spiro atoms. The van der Waals surface area contributed by atoms with E-state index in [1.54, 1.807) is 12.3 Å². The van der Waals surface area contributed by atoms with E-state index in [1.807, 2.05) is 12.1 Å². The standard InChI is InChI=1S/C17H24N4O3S/c1-20-6-8-21(9-7-20)17-15(3-2-5-18-17)12-19-16(22)11-14-4-10-25(23,24)13-14/h2-5,10,14H,6-9,11-13H2,1H3,(H,19,22)/t14-/m1/s1. The molecule has 0 saturated carbocycles. The van der Waals surface area contributed by atoms with Crippen molar-refractivity contribution >= 4 is 21.6 Å². The lowest BCUT2D eigenvalue weighted by atomic mass is 10.1. The molecule has 0 radical (unpaired) electrons. The van der Waals surface area contributed by atoms with Crippen molar-refractivity contribution < 1.29 is 13.2 Å². The maximum absolute atomic E-state index is 12.1. The number of nitrogens with zero attached hydrogens (tertiary/aromatic N) is 3. The summed E-state index contributed by atoms with van der Waals surface area (Å²) in [4.78, 5) is 21.2. The summed E-state index contributed by atoms with van der Waals surface area (Å²) in [5.74, 6) is 0.579. The van der Waals surface area contributed by atoms with Gasteiger partial charge in [-0.1, -0.05) is 12.1 Å². The minimum atomic E-state index is -3.12. The Morgan fingerprint density at radius 1 is 1.32 bits per heavy atom. The number of hydrogen-bond donors (Lipinski definition) is 1. The fraction of sp³-hybridized carbons (Fsp3) is 0.529. The quantitative estimate of drug-likeness (QED) is 0.814. The van der Waals surface area contributed by atoms with Crippen LogP contribution in [0.4, 0.5) is 5.82 Å². The Balaban J connectivity index is 1.56. The molecule has 136 valence electrons. The molecular weight excluding hydrogens is 340 g/mol. The number of carbonyl (C=O) groups excluding carboxylic acids is 1. The minimum absolute atomic E-state index is 0.0276. The molecule has 0 bridgehead atoms. The van der Waals surface area contributed by atoms with Crippen LogP contribution in [-0.4, -0.2) is 63.2 Å². The third kappa shape index (κ3) is 4.79. The third-order valence-electron chi connectivity index (χ3n) is 4.60. The molecule has 3 rings (SSSR count). The number of amides is 1. The number of allylic oxidation sites excluding steroid dienone is 1. The molecule has 0 unspecified atom stereocenters. The Kier molecular flexibility index (Phi) is 5.39. The first-order valence-corrected chi connectivity index (χ1v) is 10.2. The molecule has 0 aliphatic carbocycles. The number of hydrogen-bond acceptors (Lipinski definition) is 6. The van der Waals surface area contributed by atoms with Crippen molar-refractivity contribution in [1.82, 2.24) is 15.2 Å². The summed E-state index contributed by atoms with van der Waals surface area (Å²) in [6.45, 7) is 4.21. The van der Waals surface area contributed by atoms with Crippen LogP contribution in [-0.2, 0) is 21.2 Å². The second-order valence-electron chi connectivity index (χ2n) is 6.68. The first-order chi connectivity index (χ1) is 11.9. The Morgan fingerprint density at radius 3 is 2.76 bits per heavy atom. The van der Waals surface area contributed by atoms with Crippen LogP contribution in [0, 0.1) is 5.92 Å². The Bertz CT molecular complexity index is 755. The maximum Gasteiger partial charge on any atom is 0.220 e. The van der Waals surface area contributed by atoms with Crippen molar-refractivity contribution in [1.29, 1.82) is 0 Å². The molecule has 7 nitrogen and oxygen atoms in total. The van der Waals surface area contributed by atoms with E-state index in [0.29, 0.717) is 6.54 Å². The highest BCUT2D eigenvalue weighted by atomic mass is 32.2. The van der Waals surface area contributed by atoms with Crippen LogP contribution >= 0.6 is 0 Å². The second-order valence-corrected chi connectivity index (χ2v) is 8.61. The monoisotopic (exact) mass is 364 g/mol. The summed E-state index contributed by atoms with van der Waals surface area (Å²) >= 11 is 0. The summed E-state index contributed by atoms with van der Waals surface area (Å²) in [5.41, 5.74) is 0.981. The van der Waals surface area contributed by atoms with Crippen molar-refractivity contribution in [3.8, 4) is 0 Å². The van der Waals surface area contributed by atoms with E-state index >= 15 is 0 Å². The molecule has 2 aliphatic heterocycles. The molecule has 25 heavy (non-hydrogen) atoms. The molecule has 0 aromatic carbocycles. The largest absolute Gasteiger partial charge is 0.354 e. The zero-order valence-electron chi connectivity index (χ0n) is 14.4. The van der Waals surface area contributed by atoms with Gasteiger partial charge in [-0.2, -0.15) is 0 Å². The van der Waals surface area contributed by atoms with Crippen LogP contribution in [0.15, 0.2) is 29.8 Å². The van der Waals surface area contributed by atoms with Gasteiger partial charge in [0, 0.05) is 62.2 Å². The van der Waals surface area contributed by atoms with Crippen molar-refractivity contribution in [2.45, 2.75) is 13.0 Å². The summed E-state index contributed by atoms with van der Waals surface area (Å²) < 4.78 is 22.8. The van der Waals surface area contributed by atoms with Crippen LogP contribution < -0.4 is 10.2 Å². The predicted molar refractivity (Wildman–Crippen MR) is 96.8 cm³/mol. The lowest BCUT2D eigenvalue weighted by Gasteiger charge is -2.34. The molecule has 1 fully saturated rings. The fourth-order valence-electron chi connectivity index (χ4n) is 3.14. The average molecular weight is 364 g/mol. The van der Waals surface area contributed by atoms with E-state index in [2.05, 4.69) is 27.1 Å². The highest BCUT2D eigenvalue weighted by Gasteiger charge is 2.24. The predicted octanol–water partition coefficient (Wildman–Crippen LogP) is 0.398. The Morgan fingerprint density at radius 2 is 2.08 bits per heavy atom. The number of pyridine rings is 1. The molecule has 3 heterocycles. The number of piperazine rings is 1. The zero-order chi connectivity index (χ0) is 17.9. The first kappa shape index (κ1) is 17.9. The lowest BCUT2D eigenvalue weighted by Crippen LogP contribution is -2.45. The molecule has 8 heteroatoms. The van der Waals surface area contributed by atoms with Gasteiger partial charge in [-0.15, -0.1) is 0 Å². The summed E-state index contributed by atoms with van der Waals surface area (Å²) in [7, 11) is -1.01. The van der Waals surface area contributed by atoms with Gasteiger partial charge < -0.3 is 15.1 Å². The highest BCUT2D eigenvalue weighted by Crippen LogP contribution is 2.20. The van der Waals surface area contributed by atoms with Gasteiger partial charge in [-0.05, 0) is 13.1 Å². The first-order valence-electron chi connectivity index (χ1n) is 8.48. The van der Waals surface area contributed by atoms with Crippen molar-refractivity contribution in [3.63, 3.8) is 0 Å². The molecule has 1 atom stereocenters. The molecule has 2 aliphatic rings. The SMILES string of the molecule is CN1CCN(c2ncccc2CNC(=O)C[C@H]2C=CS(=O)(=O)C2)CC1. The van der Waals surface area contributed by atoms with Gasteiger partial charge in [0.05, 0.1) is 5.75 Å². The molecular formula is C17H24N4O3S.